The van der Waals surface area contributed by atoms with Gasteiger partial charge in [-0.1, -0.05) is 18.2 Å². The van der Waals surface area contributed by atoms with Crippen molar-refractivity contribution in [2.45, 2.75) is 24.0 Å². The number of allylic oxidation sites excluding steroid dienone is 4. The van der Waals surface area contributed by atoms with Crippen LogP contribution in [0, 0.1) is 5.92 Å². The summed E-state index contributed by atoms with van der Waals surface area (Å²) in [5.41, 5.74) is 0. The van der Waals surface area contributed by atoms with Gasteiger partial charge in [-0.3, -0.25) is 4.79 Å². The molecule has 82 valence electrons. The van der Waals surface area contributed by atoms with E-state index in [4.69, 9.17) is 0 Å². The third kappa shape index (κ3) is 2.68. The van der Waals surface area contributed by atoms with Crippen LogP contribution in [0.4, 0.5) is 8.78 Å². The fourth-order valence-electron chi connectivity index (χ4n) is 1.44. The van der Waals surface area contributed by atoms with Crippen LogP contribution in [0.5, 0.6) is 0 Å². The van der Waals surface area contributed by atoms with Gasteiger partial charge < -0.3 is 0 Å². The van der Waals surface area contributed by atoms with Gasteiger partial charge in [-0.15, -0.1) is 0 Å². The lowest BCUT2D eigenvalue weighted by Gasteiger charge is -2.22. The van der Waals surface area contributed by atoms with Crippen LogP contribution in [-0.4, -0.2) is 22.7 Å². The van der Waals surface area contributed by atoms with Gasteiger partial charge >= 0.3 is 0 Å². The van der Waals surface area contributed by atoms with Crippen molar-refractivity contribution in [1.82, 2.24) is 0 Å². The van der Waals surface area contributed by atoms with Gasteiger partial charge in [0, 0.05) is 5.25 Å². The second kappa shape index (κ2) is 4.08. The zero-order valence-corrected chi connectivity index (χ0v) is 8.97. The van der Waals surface area contributed by atoms with Crippen LogP contribution in [-0.2, 0) is 4.79 Å². The van der Waals surface area contributed by atoms with Gasteiger partial charge in [0.05, 0.1) is 5.75 Å². The van der Waals surface area contributed by atoms with Crippen molar-refractivity contribution in [2.75, 3.05) is 5.75 Å². The Labute approximate surface area is 91.6 Å². The molecule has 1 saturated carbocycles. The lowest BCUT2D eigenvalue weighted by atomic mass is 9.93. The zero-order chi connectivity index (χ0) is 10.9. The summed E-state index contributed by atoms with van der Waals surface area (Å²) in [5.74, 6) is -4.41. The Hall–Kier alpha value is -0.640. The molecular weight excluding hydrogens is 218 g/mol. The molecule has 0 bridgehead atoms. The summed E-state index contributed by atoms with van der Waals surface area (Å²) in [4.78, 5) is 11.6. The molecule has 0 aromatic carbocycles. The van der Waals surface area contributed by atoms with Crippen LogP contribution >= 0.6 is 11.8 Å². The van der Waals surface area contributed by atoms with Crippen molar-refractivity contribution in [3.05, 3.63) is 24.3 Å². The summed E-state index contributed by atoms with van der Waals surface area (Å²) in [6.45, 7) is 0. The summed E-state index contributed by atoms with van der Waals surface area (Å²) < 4.78 is 26.6. The van der Waals surface area contributed by atoms with Gasteiger partial charge in [0.1, 0.15) is 5.92 Å². The van der Waals surface area contributed by atoms with E-state index in [9.17, 15) is 13.6 Å². The van der Waals surface area contributed by atoms with Gasteiger partial charge in [-0.05, 0) is 18.9 Å². The molecule has 2 aliphatic rings. The molecular formula is C11H12F2OS. The number of alkyl halides is 2. The Kier molecular flexibility index (Phi) is 2.96. The maximum atomic E-state index is 13.3. The lowest BCUT2D eigenvalue weighted by Crippen LogP contribution is -2.33. The van der Waals surface area contributed by atoms with Crippen molar-refractivity contribution in [1.29, 1.82) is 0 Å². The molecule has 0 aromatic rings. The van der Waals surface area contributed by atoms with E-state index in [2.05, 4.69) is 0 Å². The monoisotopic (exact) mass is 230 g/mol. The minimum atomic E-state index is -3.00. The van der Waals surface area contributed by atoms with E-state index in [0.717, 1.165) is 18.9 Å². The first-order valence-corrected chi connectivity index (χ1v) is 6.02. The number of hydrogen-bond donors (Lipinski definition) is 0. The Morgan fingerprint density at radius 2 is 2.13 bits per heavy atom. The van der Waals surface area contributed by atoms with Crippen molar-refractivity contribution < 1.29 is 13.6 Å². The van der Waals surface area contributed by atoms with Crippen LogP contribution in [0.25, 0.3) is 0 Å². The van der Waals surface area contributed by atoms with Crippen molar-refractivity contribution in [3.63, 3.8) is 0 Å². The van der Waals surface area contributed by atoms with E-state index in [0.29, 0.717) is 5.25 Å². The van der Waals surface area contributed by atoms with Crippen LogP contribution in [0.15, 0.2) is 24.3 Å². The first-order chi connectivity index (χ1) is 7.09. The molecule has 0 aliphatic heterocycles. The predicted molar refractivity (Wildman–Crippen MR) is 57.2 cm³/mol. The number of halogens is 2. The average Bonchev–Trinajstić information content (AvgIpc) is 2.97. The highest BCUT2D eigenvalue weighted by Gasteiger charge is 2.41. The number of thioether (sulfide) groups is 1. The normalized spacial score (nSPS) is 28.0. The molecule has 1 fully saturated rings. The summed E-state index contributed by atoms with van der Waals surface area (Å²) in [6.07, 6.45) is 7.15. The Balaban J connectivity index is 1.92. The molecule has 1 atom stereocenters. The fourth-order valence-corrected chi connectivity index (χ4v) is 2.49. The molecule has 2 aliphatic carbocycles. The topological polar surface area (TPSA) is 17.1 Å². The van der Waals surface area contributed by atoms with E-state index in [1.165, 1.54) is 30.0 Å². The summed E-state index contributed by atoms with van der Waals surface area (Å²) in [5, 5.41) is 0.533. The highest BCUT2D eigenvalue weighted by atomic mass is 32.2. The lowest BCUT2D eigenvalue weighted by molar-refractivity contribution is -0.126. The first-order valence-electron chi connectivity index (χ1n) is 4.98. The molecule has 15 heavy (non-hydrogen) atoms. The zero-order valence-electron chi connectivity index (χ0n) is 8.16. The van der Waals surface area contributed by atoms with Crippen molar-refractivity contribution in [2.24, 2.45) is 5.92 Å². The Morgan fingerprint density at radius 3 is 2.73 bits per heavy atom. The maximum Gasteiger partial charge on any atom is 0.279 e. The number of hydrogen-bond acceptors (Lipinski definition) is 2. The molecule has 1 nitrogen and oxygen atoms in total. The third-order valence-corrected chi connectivity index (χ3v) is 3.87. The van der Waals surface area contributed by atoms with E-state index < -0.39 is 11.8 Å². The average molecular weight is 230 g/mol. The van der Waals surface area contributed by atoms with Crippen LogP contribution in [0.1, 0.15) is 12.8 Å². The maximum absolute atomic E-state index is 13.3. The second-order valence-corrected chi connectivity index (χ2v) is 5.16. The standard InChI is InChI=1S/C11H12F2OS/c12-11(13)6-2-1-3-9(11)10(14)7-15-8-4-5-8/h1-3,6,8-9H,4-5,7H2. The molecule has 4 heteroatoms. The predicted octanol–water partition coefficient (Wildman–Crippen LogP) is 2.83. The highest BCUT2D eigenvalue weighted by molar-refractivity contribution is 8.00. The number of carbonyl (C=O) groups is 1. The van der Waals surface area contributed by atoms with Gasteiger partial charge in [-0.2, -0.15) is 11.8 Å². The van der Waals surface area contributed by atoms with Gasteiger partial charge in [0.25, 0.3) is 5.92 Å². The fraction of sp³-hybridized carbons (Fsp3) is 0.545. The van der Waals surface area contributed by atoms with E-state index in [1.807, 2.05) is 0 Å². The van der Waals surface area contributed by atoms with Crippen molar-refractivity contribution >= 4 is 17.5 Å². The number of ketones is 1. The Morgan fingerprint density at radius 1 is 1.40 bits per heavy atom. The highest BCUT2D eigenvalue weighted by Crippen LogP contribution is 2.36. The molecule has 0 N–H and O–H groups in total. The van der Waals surface area contributed by atoms with E-state index >= 15 is 0 Å². The molecule has 0 saturated heterocycles. The van der Waals surface area contributed by atoms with Gasteiger partial charge in [-0.25, -0.2) is 8.78 Å². The Bertz CT molecular complexity index is 319. The molecule has 2 rings (SSSR count). The third-order valence-electron chi connectivity index (χ3n) is 2.48. The molecule has 0 spiro atoms. The van der Waals surface area contributed by atoms with E-state index in [1.54, 1.807) is 0 Å². The molecule has 1 unspecified atom stereocenters. The van der Waals surface area contributed by atoms with Crippen molar-refractivity contribution in [3.8, 4) is 0 Å². The minimum Gasteiger partial charge on any atom is -0.298 e. The smallest absolute Gasteiger partial charge is 0.279 e. The van der Waals surface area contributed by atoms with Crippen LogP contribution in [0.2, 0.25) is 0 Å². The van der Waals surface area contributed by atoms with Gasteiger partial charge in [0.2, 0.25) is 0 Å². The quantitative estimate of drug-likeness (QED) is 0.738. The number of rotatable bonds is 4. The molecule has 0 heterocycles. The summed E-state index contributed by atoms with van der Waals surface area (Å²) in [7, 11) is 0. The molecule has 0 radical (unpaired) electrons. The van der Waals surface area contributed by atoms with Crippen LogP contribution < -0.4 is 0 Å². The number of Topliss-reactive ketones (excluding diaryl/α,β-unsaturated/α-hetero) is 1. The first kappa shape index (κ1) is 10.9. The summed E-state index contributed by atoms with van der Waals surface area (Å²) in [6, 6.07) is 0. The van der Waals surface area contributed by atoms with Crippen LogP contribution in [0.3, 0.4) is 0 Å². The molecule has 0 aromatic heterocycles. The SMILES string of the molecule is O=C(CSC1CC1)C1C=CC=CC1(F)F. The second-order valence-electron chi connectivity index (χ2n) is 3.87. The summed E-state index contributed by atoms with van der Waals surface area (Å²) >= 11 is 1.50. The van der Waals surface area contributed by atoms with Gasteiger partial charge in [0.15, 0.2) is 5.78 Å². The molecule has 0 amide bonds. The number of carbonyl (C=O) groups excluding carboxylic acids is 1. The largest absolute Gasteiger partial charge is 0.298 e. The minimum absolute atomic E-state index is 0.211. The van der Waals surface area contributed by atoms with E-state index in [-0.39, 0.29) is 11.5 Å².